The molecule has 172 valence electrons. The number of nitrogens with one attached hydrogen (secondary N) is 1. The van der Waals surface area contributed by atoms with Gasteiger partial charge in [-0.1, -0.05) is 13.8 Å². The van der Waals surface area contributed by atoms with Gasteiger partial charge in [-0.3, -0.25) is 14.3 Å². The van der Waals surface area contributed by atoms with Crippen molar-refractivity contribution >= 4 is 39.2 Å². The number of nitrogens with zero attached hydrogens (tertiary/aromatic N) is 3. The molecular formula is C21H32N4O4S2. The maximum atomic E-state index is 12.5. The zero-order valence-corrected chi connectivity index (χ0v) is 20.4. The average Bonchev–Trinajstić information content (AvgIpc) is 3.02. The third kappa shape index (κ3) is 5.19. The van der Waals surface area contributed by atoms with Gasteiger partial charge in [0.1, 0.15) is 0 Å². The van der Waals surface area contributed by atoms with Crippen molar-refractivity contribution in [3.8, 4) is 0 Å². The van der Waals surface area contributed by atoms with E-state index >= 15 is 0 Å². The summed E-state index contributed by atoms with van der Waals surface area (Å²) in [4.78, 5) is 15.2. The Morgan fingerprint density at radius 1 is 1.26 bits per heavy atom. The molecule has 1 atom stereocenters. The number of benzene rings is 1. The molecule has 0 saturated carbocycles. The van der Waals surface area contributed by atoms with Crippen molar-refractivity contribution in [3.63, 3.8) is 0 Å². The first-order chi connectivity index (χ1) is 14.5. The average molecular weight is 469 g/mol. The van der Waals surface area contributed by atoms with Gasteiger partial charge >= 0.3 is 0 Å². The SMILES string of the molecule is CC(C)C(C)NC(=O)C1CCN(Cn2c(=S)oc3ccc(S(=O)(=O)N(C)C)cc32)CC1. The van der Waals surface area contributed by atoms with Gasteiger partial charge in [0.15, 0.2) is 5.58 Å². The van der Waals surface area contributed by atoms with Gasteiger partial charge in [-0.15, -0.1) is 0 Å². The summed E-state index contributed by atoms with van der Waals surface area (Å²) in [6, 6.07) is 4.94. The lowest BCUT2D eigenvalue weighted by molar-refractivity contribution is -0.127. The van der Waals surface area contributed by atoms with Crippen LogP contribution in [-0.4, -0.2) is 61.3 Å². The van der Waals surface area contributed by atoms with Gasteiger partial charge < -0.3 is 9.73 Å². The summed E-state index contributed by atoms with van der Waals surface area (Å²) < 4.78 is 33.7. The Hall–Kier alpha value is -1.75. The van der Waals surface area contributed by atoms with Crippen LogP contribution in [0.3, 0.4) is 0 Å². The second kappa shape index (κ2) is 9.40. The molecule has 0 bridgehead atoms. The number of carbonyl (C=O) groups excluding carboxylic acids is 1. The lowest BCUT2D eigenvalue weighted by Gasteiger charge is -2.32. The van der Waals surface area contributed by atoms with E-state index in [4.69, 9.17) is 16.6 Å². The number of carbonyl (C=O) groups is 1. The predicted octanol–water partition coefficient (Wildman–Crippen LogP) is 3.04. The number of rotatable bonds is 7. The number of hydrogen-bond acceptors (Lipinski definition) is 6. The summed E-state index contributed by atoms with van der Waals surface area (Å²) in [6.07, 6.45) is 1.56. The van der Waals surface area contributed by atoms with Crippen molar-refractivity contribution in [3.05, 3.63) is 23.0 Å². The highest BCUT2D eigenvalue weighted by Gasteiger charge is 2.27. The molecule has 8 nitrogen and oxygen atoms in total. The quantitative estimate of drug-likeness (QED) is 0.629. The summed E-state index contributed by atoms with van der Waals surface area (Å²) in [5, 5.41) is 3.12. The number of piperidine rings is 1. The van der Waals surface area contributed by atoms with Crippen LogP contribution in [-0.2, 0) is 21.5 Å². The van der Waals surface area contributed by atoms with Gasteiger partial charge in [0.05, 0.1) is 17.1 Å². The molecule has 2 aromatic rings. The Morgan fingerprint density at radius 2 is 1.90 bits per heavy atom. The van der Waals surface area contributed by atoms with Crippen molar-refractivity contribution in [2.24, 2.45) is 11.8 Å². The molecule has 1 aromatic heterocycles. The molecule has 2 heterocycles. The van der Waals surface area contributed by atoms with E-state index in [2.05, 4.69) is 24.1 Å². The first kappa shape index (κ1) is 23.9. The minimum atomic E-state index is -3.56. The monoisotopic (exact) mass is 468 g/mol. The van der Waals surface area contributed by atoms with Gasteiger partial charge in [-0.2, -0.15) is 0 Å². The number of oxazole rings is 1. The largest absolute Gasteiger partial charge is 0.429 e. The molecule has 1 saturated heterocycles. The fraction of sp³-hybridized carbons (Fsp3) is 0.619. The standard InChI is InChI=1S/C21H32N4O4S2/c1-14(2)15(3)22-20(26)16-8-10-24(11-9-16)13-25-18-12-17(31(27,28)23(4)5)6-7-19(18)29-21(25)30/h6-7,12,14-16H,8-11,13H2,1-5H3,(H,22,26). The van der Waals surface area contributed by atoms with Crippen LogP contribution < -0.4 is 5.32 Å². The Kier molecular flexibility index (Phi) is 7.25. The first-order valence-corrected chi connectivity index (χ1v) is 12.4. The smallest absolute Gasteiger partial charge is 0.270 e. The molecule has 1 aliphatic rings. The summed E-state index contributed by atoms with van der Waals surface area (Å²) >= 11 is 5.39. The van der Waals surface area contributed by atoms with Crippen LogP contribution in [0.4, 0.5) is 0 Å². The summed E-state index contributed by atoms with van der Waals surface area (Å²) in [6.45, 7) is 8.25. The molecule has 1 unspecified atom stereocenters. The van der Waals surface area contributed by atoms with Crippen molar-refractivity contribution in [1.29, 1.82) is 0 Å². The van der Waals surface area contributed by atoms with E-state index in [-0.39, 0.29) is 22.8 Å². The molecule has 1 aromatic carbocycles. The number of hydrogen-bond donors (Lipinski definition) is 1. The molecule has 0 aliphatic carbocycles. The normalized spacial score (nSPS) is 17.5. The predicted molar refractivity (Wildman–Crippen MR) is 123 cm³/mol. The summed E-state index contributed by atoms with van der Waals surface area (Å²) in [5.41, 5.74) is 1.21. The van der Waals surface area contributed by atoms with Crippen LogP contribution in [0, 0.1) is 16.7 Å². The molecular weight excluding hydrogens is 436 g/mol. The van der Waals surface area contributed by atoms with E-state index in [1.54, 1.807) is 12.1 Å². The molecule has 10 heteroatoms. The number of amides is 1. The first-order valence-electron chi connectivity index (χ1n) is 10.6. The lowest BCUT2D eigenvalue weighted by Crippen LogP contribution is -2.44. The molecule has 1 amide bonds. The van der Waals surface area contributed by atoms with Crippen LogP contribution in [0.25, 0.3) is 11.1 Å². The topological polar surface area (TPSA) is 87.8 Å². The fourth-order valence-corrected chi connectivity index (χ4v) is 4.76. The van der Waals surface area contributed by atoms with Gasteiger partial charge in [-0.25, -0.2) is 12.7 Å². The molecule has 1 aliphatic heterocycles. The van der Waals surface area contributed by atoms with Crippen LogP contribution in [0.15, 0.2) is 27.5 Å². The third-order valence-corrected chi connectivity index (χ3v) is 8.20. The Labute approximate surface area is 189 Å². The number of aromatic nitrogens is 1. The highest BCUT2D eigenvalue weighted by atomic mass is 32.2. The van der Waals surface area contributed by atoms with Gasteiger partial charge in [0, 0.05) is 39.1 Å². The minimum Gasteiger partial charge on any atom is -0.429 e. The van der Waals surface area contributed by atoms with E-state index < -0.39 is 10.0 Å². The van der Waals surface area contributed by atoms with E-state index in [1.165, 1.54) is 24.5 Å². The van der Waals surface area contributed by atoms with E-state index in [9.17, 15) is 13.2 Å². The van der Waals surface area contributed by atoms with Crippen molar-refractivity contribution in [2.75, 3.05) is 27.2 Å². The zero-order chi connectivity index (χ0) is 22.9. The van der Waals surface area contributed by atoms with E-state index in [1.807, 2.05) is 11.5 Å². The van der Waals surface area contributed by atoms with Crippen molar-refractivity contribution < 1.29 is 17.6 Å². The summed E-state index contributed by atoms with van der Waals surface area (Å²) in [7, 11) is -0.548. The third-order valence-electron chi connectivity index (χ3n) is 6.09. The van der Waals surface area contributed by atoms with Gasteiger partial charge in [0.25, 0.3) is 4.84 Å². The van der Waals surface area contributed by atoms with Gasteiger partial charge in [-0.05, 0) is 56.1 Å². The second-order valence-corrected chi connectivity index (χ2v) is 11.3. The summed E-state index contributed by atoms with van der Waals surface area (Å²) in [5.74, 6) is 0.551. The Morgan fingerprint density at radius 3 is 2.48 bits per heavy atom. The Balaban J connectivity index is 1.72. The number of sulfonamides is 1. The maximum Gasteiger partial charge on any atom is 0.270 e. The van der Waals surface area contributed by atoms with E-state index in [0.717, 1.165) is 25.9 Å². The Bertz CT molecular complexity index is 1100. The zero-order valence-electron chi connectivity index (χ0n) is 18.8. The fourth-order valence-electron chi connectivity index (χ4n) is 3.59. The number of likely N-dealkylation sites (tertiary alicyclic amines) is 1. The van der Waals surface area contributed by atoms with Crippen LogP contribution >= 0.6 is 12.2 Å². The molecule has 0 radical (unpaired) electrons. The van der Waals surface area contributed by atoms with Crippen LogP contribution in [0.5, 0.6) is 0 Å². The van der Waals surface area contributed by atoms with Gasteiger partial charge in [0.2, 0.25) is 15.9 Å². The second-order valence-electron chi connectivity index (χ2n) is 8.79. The maximum absolute atomic E-state index is 12.5. The molecule has 3 rings (SSSR count). The van der Waals surface area contributed by atoms with Crippen LogP contribution in [0.2, 0.25) is 0 Å². The molecule has 0 spiro atoms. The highest BCUT2D eigenvalue weighted by Crippen LogP contribution is 2.25. The van der Waals surface area contributed by atoms with Crippen molar-refractivity contribution in [1.82, 2.24) is 19.1 Å². The lowest BCUT2D eigenvalue weighted by atomic mass is 9.95. The van der Waals surface area contributed by atoms with Crippen molar-refractivity contribution in [2.45, 2.75) is 51.2 Å². The number of fused-ring (bicyclic) bond motifs is 1. The highest BCUT2D eigenvalue weighted by molar-refractivity contribution is 7.89. The van der Waals surface area contributed by atoms with E-state index in [0.29, 0.717) is 28.5 Å². The minimum absolute atomic E-state index is 0.0170. The molecule has 31 heavy (non-hydrogen) atoms. The molecule has 1 fully saturated rings. The molecule has 1 N–H and O–H groups in total. The van der Waals surface area contributed by atoms with Crippen LogP contribution in [0.1, 0.15) is 33.6 Å².